The second-order valence-corrected chi connectivity index (χ2v) is 6.24. The predicted molar refractivity (Wildman–Crippen MR) is 80.1 cm³/mol. The molecule has 102 valence electrons. The molecule has 0 aliphatic carbocycles. The molecule has 0 radical (unpaired) electrons. The number of hydrogen-bond acceptors (Lipinski definition) is 5. The van der Waals surface area contributed by atoms with E-state index in [2.05, 4.69) is 34.6 Å². The number of halogens is 1. The van der Waals surface area contributed by atoms with Gasteiger partial charge in [0.1, 0.15) is 6.04 Å². The van der Waals surface area contributed by atoms with E-state index >= 15 is 0 Å². The van der Waals surface area contributed by atoms with Crippen LogP contribution in [0, 0.1) is 11.3 Å². The van der Waals surface area contributed by atoms with Crippen molar-refractivity contribution in [3.05, 3.63) is 56.7 Å². The lowest BCUT2D eigenvalue weighted by Crippen LogP contribution is -2.32. The van der Waals surface area contributed by atoms with Gasteiger partial charge in [0.25, 0.3) is 0 Å². The highest BCUT2D eigenvalue weighted by Crippen LogP contribution is 2.28. The quantitative estimate of drug-likeness (QED) is 0.815. The molecule has 2 unspecified atom stereocenters. The number of rotatable bonds is 3. The molecule has 1 aromatic carbocycles. The maximum Gasteiger partial charge on any atom is 0.131 e. The highest BCUT2D eigenvalue weighted by Gasteiger charge is 2.28. The average Bonchev–Trinajstić information content (AvgIpc) is 3.09. The van der Waals surface area contributed by atoms with Crippen molar-refractivity contribution >= 4 is 22.9 Å². The Morgan fingerprint density at radius 3 is 2.70 bits per heavy atom. The van der Waals surface area contributed by atoms with E-state index in [1.807, 2.05) is 24.3 Å². The largest absolute Gasteiger partial charge is 0.233 e. The number of nitrogens with one attached hydrogen (secondary N) is 3. The summed E-state index contributed by atoms with van der Waals surface area (Å²) >= 11 is 7.61. The molecule has 1 aliphatic rings. The Morgan fingerprint density at radius 2 is 1.95 bits per heavy atom. The summed E-state index contributed by atoms with van der Waals surface area (Å²) in [5, 5.41) is 9.82. The number of nitrogens with zero attached hydrogens (tertiary/aromatic N) is 1. The van der Waals surface area contributed by atoms with Crippen molar-refractivity contribution in [1.29, 1.82) is 5.26 Å². The summed E-state index contributed by atoms with van der Waals surface area (Å²) in [6.45, 7) is 0. The molecule has 0 amide bonds. The van der Waals surface area contributed by atoms with Gasteiger partial charge in [-0.2, -0.15) is 10.8 Å². The molecule has 1 fully saturated rings. The second kappa shape index (κ2) is 5.92. The number of thiophene rings is 1. The molecule has 2 aromatic rings. The van der Waals surface area contributed by atoms with Crippen LogP contribution in [-0.2, 0) is 6.42 Å². The van der Waals surface area contributed by atoms with Gasteiger partial charge in [-0.25, -0.2) is 10.9 Å². The monoisotopic (exact) mass is 304 g/mol. The Morgan fingerprint density at radius 1 is 1.15 bits per heavy atom. The van der Waals surface area contributed by atoms with Crippen LogP contribution in [0.2, 0.25) is 5.02 Å². The van der Waals surface area contributed by atoms with E-state index in [-0.39, 0.29) is 12.1 Å². The molecule has 2 atom stereocenters. The molecular weight excluding hydrogens is 292 g/mol. The lowest BCUT2D eigenvalue weighted by Gasteiger charge is -2.08. The number of hydrazine groups is 2. The van der Waals surface area contributed by atoms with Crippen molar-refractivity contribution in [2.45, 2.75) is 18.5 Å². The summed E-state index contributed by atoms with van der Waals surface area (Å²) in [5.74, 6) is 0. The first kappa shape index (κ1) is 13.6. The molecule has 1 aromatic heterocycles. The number of hydrogen-bond donors (Lipinski definition) is 3. The zero-order valence-corrected chi connectivity index (χ0v) is 12.1. The van der Waals surface area contributed by atoms with Gasteiger partial charge >= 0.3 is 0 Å². The first-order valence-corrected chi connectivity index (χ1v) is 7.44. The highest BCUT2D eigenvalue weighted by molar-refractivity contribution is 7.12. The maximum atomic E-state index is 9.07. The molecule has 3 rings (SSSR count). The van der Waals surface area contributed by atoms with E-state index in [4.69, 9.17) is 16.9 Å². The molecule has 1 aliphatic heterocycles. The molecule has 2 heterocycles. The van der Waals surface area contributed by atoms with Crippen molar-refractivity contribution in [2.24, 2.45) is 0 Å². The van der Waals surface area contributed by atoms with Crippen LogP contribution >= 0.6 is 22.9 Å². The third-order valence-electron chi connectivity index (χ3n) is 3.21. The van der Waals surface area contributed by atoms with E-state index < -0.39 is 0 Å². The molecule has 4 nitrogen and oxygen atoms in total. The first-order valence-electron chi connectivity index (χ1n) is 6.25. The molecule has 20 heavy (non-hydrogen) atoms. The summed E-state index contributed by atoms with van der Waals surface area (Å²) in [5.41, 5.74) is 10.00. The van der Waals surface area contributed by atoms with E-state index in [0.29, 0.717) is 0 Å². The second-order valence-electron chi connectivity index (χ2n) is 4.61. The Labute approximate surface area is 126 Å². The summed E-state index contributed by atoms with van der Waals surface area (Å²) in [4.78, 5) is 2.42. The molecular formula is C14H13ClN4S. The highest BCUT2D eigenvalue weighted by atomic mass is 35.5. The van der Waals surface area contributed by atoms with Crippen LogP contribution in [0.1, 0.15) is 21.4 Å². The van der Waals surface area contributed by atoms with Gasteiger partial charge in [0, 0.05) is 21.2 Å². The fourth-order valence-electron chi connectivity index (χ4n) is 2.17. The van der Waals surface area contributed by atoms with Crippen molar-refractivity contribution in [3.63, 3.8) is 0 Å². The number of benzene rings is 1. The van der Waals surface area contributed by atoms with Crippen LogP contribution < -0.4 is 16.4 Å². The lowest BCUT2D eigenvalue weighted by molar-refractivity contribution is 0.558. The Hall–Kier alpha value is -1.42. The van der Waals surface area contributed by atoms with Gasteiger partial charge < -0.3 is 0 Å². The van der Waals surface area contributed by atoms with Gasteiger partial charge in [-0.3, -0.25) is 0 Å². The van der Waals surface area contributed by atoms with E-state index in [1.165, 1.54) is 10.4 Å². The molecule has 0 bridgehead atoms. The summed E-state index contributed by atoms with van der Waals surface area (Å²) in [6, 6.07) is 14.1. The van der Waals surface area contributed by atoms with Crippen molar-refractivity contribution in [2.75, 3.05) is 0 Å². The zero-order valence-electron chi connectivity index (χ0n) is 10.6. The van der Waals surface area contributed by atoms with Crippen LogP contribution in [0.4, 0.5) is 0 Å². The lowest BCUT2D eigenvalue weighted by atomic mass is 10.1. The minimum atomic E-state index is -0.253. The third kappa shape index (κ3) is 2.85. The van der Waals surface area contributed by atoms with E-state index in [1.54, 1.807) is 11.3 Å². The van der Waals surface area contributed by atoms with Crippen molar-refractivity contribution in [1.82, 2.24) is 16.4 Å². The van der Waals surface area contributed by atoms with E-state index in [9.17, 15) is 0 Å². The minimum Gasteiger partial charge on any atom is -0.233 e. The van der Waals surface area contributed by atoms with Gasteiger partial charge in [-0.05, 0) is 29.8 Å². The fraction of sp³-hybridized carbons (Fsp3) is 0.214. The fourth-order valence-corrected chi connectivity index (χ4v) is 3.43. The van der Waals surface area contributed by atoms with Gasteiger partial charge in [0.2, 0.25) is 0 Å². The Balaban J connectivity index is 1.74. The predicted octanol–water partition coefficient (Wildman–Crippen LogP) is 2.54. The van der Waals surface area contributed by atoms with Crippen LogP contribution in [0.15, 0.2) is 36.4 Å². The molecule has 1 saturated heterocycles. The van der Waals surface area contributed by atoms with Crippen molar-refractivity contribution in [3.8, 4) is 6.07 Å². The normalized spacial score (nSPS) is 21.8. The molecule has 0 saturated carbocycles. The average molecular weight is 305 g/mol. The standard InChI is InChI=1S/C14H13ClN4S/c15-10-3-1-9(2-4-10)7-11-5-6-13(20-11)14-12(8-16)17-19-18-14/h1-6,12,14,17-19H,7H2. The minimum absolute atomic E-state index is 0.0102. The van der Waals surface area contributed by atoms with Crippen molar-refractivity contribution < 1.29 is 0 Å². The first-order chi connectivity index (χ1) is 9.76. The topological polar surface area (TPSA) is 59.9 Å². The van der Waals surface area contributed by atoms with Crippen LogP contribution in [-0.4, -0.2) is 6.04 Å². The Bertz CT molecular complexity index is 631. The smallest absolute Gasteiger partial charge is 0.131 e. The van der Waals surface area contributed by atoms with Crippen LogP contribution in [0.25, 0.3) is 0 Å². The van der Waals surface area contributed by atoms with Gasteiger partial charge in [0.05, 0.1) is 12.1 Å². The summed E-state index contributed by atoms with van der Waals surface area (Å²) < 4.78 is 0. The van der Waals surface area contributed by atoms with Crippen LogP contribution in [0.5, 0.6) is 0 Å². The van der Waals surface area contributed by atoms with Gasteiger partial charge in [-0.1, -0.05) is 23.7 Å². The molecule has 3 N–H and O–H groups in total. The summed E-state index contributed by atoms with van der Waals surface area (Å²) in [6.07, 6.45) is 0.882. The number of nitriles is 1. The maximum absolute atomic E-state index is 9.07. The van der Waals surface area contributed by atoms with E-state index in [0.717, 1.165) is 16.3 Å². The Kier molecular flexibility index (Phi) is 4.01. The van der Waals surface area contributed by atoms with Gasteiger partial charge in [0.15, 0.2) is 0 Å². The zero-order chi connectivity index (χ0) is 13.9. The van der Waals surface area contributed by atoms with Gasteiger partial charge in [-0.15, -0.1) is 11.3 Å². The molecule has 6 heteroatoms. The molecule has 0 spiro atoms. The SMILES string of the molecule is N#CC1NNNC1c1ccc(Cc2ccc(Cl)cc2)s1. The summed E-state index contributed by atoms with van der Waals surface area (Å²) in [7, 11) is 0. The van der Waals surface area contributed by atoms with Crippen LogP contribution in [0.3, 0.4) is 0 Å². The third-order valence-corrected chi connectivity index (χ3v) is 4.63.